The van der Waals surface area contributed by atoms with E-state index in [2.05, 4.69) is 125 Å². The first kappa shape index (κ1) is 65.4. The van der Waals surface area contributed by atoms with Crippen molar-refractivity contribution in [2.75, 3.05) is 0 Å². The minimum absolute atomic E-state index is 0.947. The van der Waals surface area contributed by atoms with Crippen molar-refractivity contribution in [3.63, 3.8) is 0 Å². The summed E-state index contributed by atoms with van der Waals surface area (Å²) < 4.78 is 1.89. The predicted molar refractivity (Wildman–Crippen MR) is 312 cm³/mol. The van der Waals surface area contributed by atoms with E-state index in [0.717, 1.165) is 2.19 Å². The van der Waals surface area contributed by atoms with E-state index in [4.69, 9.17) is 0 Å². The Morgan fingerprint density at radius 1 is 0.175 bits per heavy atom. The molecular formula is C56H126Si6Y. The van der Waals surface area contributed by atoms with Crippen molar-refractivity contribution < 1.29 is 29.2 Å². The Kier molecular flexibility index (Phi) is 35.2. The molecule has 0 saturated heterocycles. The molecule has 0 saturated carbocycles. The van der Waals surface area contributed by atoms with Gasteiger partial charge in [0, 0.05) is 0 Å². The van der Waals surface area contributed by atoms with E-state index in [1.807, 2.05) is 0 Å². The number of rotatable bonds is 44. The molecule has 0 bridgehead atoms. The van der Waals surface area contributed by atoms with E-state index in [0.29, 0.717) is 0 Å². The van der Waals surface area contributed by atoms with Gasteiger partial charge in [0.05, 0.1) is 0 Å². The monoisotopic (exact) mass is 1060 g/mol. The van der Waals surface area contributed by atoms with Crippen LogP contribution in [0.2, 0.25) is 111 Å². The Balaban J connectivity index is 11.5. The van der Waals surface area contributed by atoms with E-state index < -0.39 is 77.6 Å². The molecule has 0 N–H and O–H groups in total. The van der Waals surface area contributed by atoms with Gasteiger partial charge in [-0.05, 0) is 0 Å². The van der Waals surface area contributed by atoms with Gasteiger partial charge in [-0.25, -0.2) is 0 Å². The van der Waals surface area contributed by atoms with Gasteiger partial charge >= 0.3 is 429 Å². The molecule has 0 radical (unpaired) electrons. The quantitative estimate of drug-likeness (QED) is 0.0534. The third-order valence-electron chi connectivity index (χ3n) is 18.6. The maximum absolute atomic E-state index is 2.75. The van der Waals surface area contributed by atoms with Crippen molar-refractivity contribution in [2.24, 2.45) is 0 Å². The fourth-order valence-corrected chi connectivity index (χ4v) is 140. The molecule has 0 fully saturated rings. The number of hydrogen-bond acceptors (Lipinski definition) is 0. The second kappa shape index (κ2) is 33.9. The van der Waals surface area contributed by atoms with Crippen molar-refractivity contribution in [1.29, 1.82) is 0 Å². The molecule has 0 heterocycles. The molecule has 0 aromatic heterocycles. The predicted octanol–water partition coefficient (Wildman–Crippen LogP) is 22.7. The molecule has 63 heavy (non-hydrogen) atoms. The SMILES string of the molecule is CCC[Si](CCC)(CCC)[C]([Y][C]([Si](CCC)(CCC)CCC)([Si](CCC)(CCC)CCC)[Si](CCC)(CCC)CCC)([Si](CCC)(CCC)CCC)[Si](CCC)(CCC)CCC. The summed E-state index contributed by atoms with van der Waals surface area (Å²) in [6.45, 7) is 49.5. The summed E-state index contributed by atoms with van der Waals surface area (Å²) in [4.78, 5) is 0. The summed E-state index contributed by atoms with van der Waals surface area (Å²) in [5, 5.41) is 0. The van der Waals surface area contributed by atoms with Gasteiger partial charge < -0.3 is 0 Å². The van der Waals surface area contributed by atoms with E-state index in [9.17, 15) is 0 Å². The van der Waals surface area contributed by atoms with Crippen LogP contribution in [0.4, 0.5) is 0 Å². The molecule has 377 valence electrons. The van der Waals surface area contributed by atoms with Crippen LogP contribution in [-0.2, 0) is 29.2 Å². The second-order valence-electron chi connectivity index (χ2n) is 22.9. The molecule has 0 aliphatic rings. The van der Waals surface area contributed by atoms with Crippen LogP contribution in [-0.4, -0.2) is 48.4 Å². The standard InChI is InChI=1S/2C28H63Si3.Y/c2*1-10-19-29(20-11-2,21-12-3)28(30(22-13-4,23-14-5)24-15-6)31(25-16-7,26-17-8)27-18-9;/h2*10-27H2,1-9H3;. The van der Waals surface area contributed by atoms with Gasteiger partial charge in [0.25, 0.3) is 0 Å². The first-order chi connectivity index (χ1) is 30.3. The first-order valence-corrected chi connectivity index (χ1v) is 48.7. The van der Waals surface area contributed by atoms with Gasteiger partial charge in [-0.1, -0.05) is 0 Å². The molecule has 0 nitrogen and oxygen atoms in total. The molecular weight excluding hydrogens is 930 g/mol. The Morgan fingerprint density at radius 2 is 0.254 bits per heavy atom. The van der Waals surface area contributed by atoms with Gasteiger partial charge in [0.2, 0.25) is 0 Å². The fourth-order valence-electron chi connectivity index (χ4n) is 19.0. The Hall–Kier alpha value is 2.41. The molecule has 0 amide bonds. The zero-order valence-corrected chi connectivity index (χ0v) is 56.9. The molecule has 0 atom stereocenters. The van der Waals surface area contributed by atoms with Crippen molar-refractivity contribution in [1.82, 2.24) is 0 Å². The zero-order chi connectivity index (χ0) is 48.2. The summed E-state index contributed by atoms with van der Waals surface area (Å²) >= 11 is -1.52. The summed E-state index contributed by atoms with van der Waals surface area (Å²) in [6, 6.07) is 31.4. The molecule has 0 unspecified atom stereocenters. The van der Waals surface area contributed by atoms with E-state index >= 15 is 0 Å². The summed E-state index contributed by atoms with van der Waals surface area (Å²) in [5.74, 6) is 0. The summed E-state index contributed by atoms with van der Waals surface area (Å²) in [6.07, 6.45) is 27.2. The van der Waals surface area contributed by atoms with Crippen LogP contribution in [0, 0.1) is 0 Å². The van der Waals surface area contributed by atoms with Crippen LogP contribution in [0.15, 0.2) is 0 Å². The summed E-state index contributed by atoms with van der Waals surface area (Å²) in [5.41, 5.74) is 0. The normalized spacial score (nSPS) is 13.9. The van der Waals surface area contributed by atoms with Crippen LogP contribution < -0.4 is 0 Å². The van der Waals surface area contributed by atoms with Gasteiger partial charge in [0.15, 0.2) is 0 Å². The van der Waals surface area contributed by atoms with E-state index in [1.54, 1.807) is 109 Å². The minimum atomic E-state index is -1.85. The van der Waals surface area contributed by atoms with Crippen LogP contribution in [0.1, 0.15) is 240 Å². The zero-order valence-electron chi connectivity index (χ0n) is 48.0. The average molecular weight is 1060 g/mol. The van der Waals surface area contributed by atoms with Crippen LogP contribution in [0.25, 0.3) is 0 Å². The van der Waals surface area contributed by atoms with Crippen LogP contribution in [0.5, 0.6) is 0 Å². The average Bonchev–Trinajstić information content (AvgIpc) is 3.23. The topological polar surface area (TPSA) is 0 Å². The Morgan fingerprint density at radius 3 is 0.317 bits per heavy atom. The van der Waals surface area contributed by atoms with Crippen LogP contribution in [0.3, 0.4) is 0 Å². The molecule has 0 aliphatic heterocycles. The maximum atomic E-state index is 2.75. The summed E-state index contributed by atoms with van der Waals surface area (Å²) in [7, 11) is -11.1. The van der Waals surface area contributed by atoms with Gasteiger partial charge in [-0.15, -0.1) is 0 Å². The Bertz CT molecular complexity index is 794. The van der Waals surface area contributed by atoms with Crippen molar-refractivity contribution in [3.8, 4) is 0 Å². The third kappa shape index (κ3) is 13.9. The molecule has 0 aromatic carbocycles. The molecule has 0 aliphatic carbocycles. The van der Waals surface area contributed by atoms with Crippen molar-refractivity contribution in [2.45, 2.75) is 351 Å². The molecule has 0 rings (SSSR count). The van der Waals surface area contributed by atoms with Gasteiger partial charge in [-0.2, -0.15) is 0 Å². The van der Waals surface area contributed by atoms with E-state index in [-0.39, 0.29) is 0 Å². The number of hydrogen-bond donors (Lipinski definition) is 0. The van der Waals surface area contributed by atoms with Crippen molar-refractivity contribution >= 4 is 48.4 Å². The van der Waals surface area contributed by atoms with Gasteiger partial charge in [-0.3, -0.25) is 0 Å². The first-order valence-electron chi connectivity index (χ1n) is 30.2. The van der Waals surface area contributed by atoms with Crippen LogP contribution >= 0.6 is 0 Å². The third-order valence-corrected chi connectivity index (χ3v) is 108. The molecule has 7 heteroatoms. The molecule has 0 spiro atoms. The second-order valence-corrected chi connectivity index (χ2v) is 68.5. The Labute approximate surface area is 425 Å². The van der Waals surface area contributed by atoms with E-state index in [1.165, 1.54) is 116 Å². The fraction of sp³-hybridized carbons (Fsp3) is 1.00. The molecule has 0 aromatic rings. The van der Waals surface area contributed by atoms with Gasteiger partial charge in [0.1, 0.15) is 0 Å². The van der Waals surface area contributed by atoms with Crippen molar-refractivity contribution in [3.05, 3.63) is 0 Å².